The zero-order chi connectivity index (χ0) is 19.3. The Balaban J connectivity index is 2.17. The second kappa shape index (κ2) is 8.85. The van der Waals surface area contributed by atoms with E-state index in [-0.39, 0.29) is 22.2 Å². The Hall–Kier alpha value is -1.61. The van der Waals surface area contributed by atoms with E-state index in [1.165, 1.54) is 19.2 Å². The molecule has 0 heterocycles. The first kappa shape index (κ1) is 20.7. The fourth-order valence-electron chi connectivity index (χ4n) is 2.15. The molecule has 0 radical (unpaired) electrons. The SMILES string of the molecule is CCOc1ccc(Cl)cc1S(=O)(=O)N(C)CC(=O)Nc1ccc(Br)cc1. The number of nitrogens with zero attached hydrogens (tertiary/aromatic N) is 1. The Labute approximate surface area is 166 Å². The number of hydrogen-bond donors (Lipinski definition) is 1. The maximum absolute atomic E-state index is 12.8. The van der Waals surface area contributed by atoms with Crippen LogP contribution in [0.4, 0.5) is 5.69 Å². The van der Waals surface area contributed by atoms with Crippen molar-refractivity contribution in [2.45, 2.75) is 11.8 Å². The molecule has 0 saturated heterocycles. The van der Waals surface area contributed by atoms with Gasteiger partial charge in [-0.05, 0) is 49.4 Å². The summed E-state index contributed by atoms with van der Waals surface area (Å²) >= 11 is 9.24. The lowest BCUT2D eigenvalue weighted by Crippen LogP contribution is -2.35. The van der Waals surface area contributed by atoms with E-state index in [1.54, 1.807) is 37.3 Å². The van der Waals surface area contributed by atoms with E-state index in [2.05, 4.69) is 21.2 Å². The molecule has 0 aromatic heterocycles. The number of hydrogen-bond acceptors (Lipinski definition) is 4. The van der Waals surface area contributed by atoms with Gasteiger partial charge in [-0.1, -0.05) is 27.5 Å². The van der Waals surface area contributed by atoms with Gasteiger partial charge in [0, 0.05) is 22.2 Å². The Morgan fingerprint density at radius 1 is 1.23 bits per heavy atom. The van der Waals surface area contributed by atoms with E-state index in [1.807, 2.05) is 0 Å². The zero-order valence-corrected chi connectivity index (χ0v) is 17.4. The maximum Gasteiger partial charge on any atom is 0.247 e. The van der Waals surface area contributed by atoms with Crippen molar-refractivity contribution in [2.24, 2.45) is 0 Å². The molecular formula is C17H18BrClN2O4S. The van der Waals surface area contributed by atoms with Gasteiger partial charge in [-0.25, -0.2) is 8.42 Å². The van der Waals surface area contributed by atoms with Crippen LogP contribution in [0.15, 0.2) is 51.8 Å². The van der Waals surface area contributed by atoms with Crippen LogP contribution in [0, 0.1) is 0 Å². The minimum absolute atomic E-state index is 0.0780. The quantitative estimate of drug-likeness (QED) is 0.681. The molecule has 2 aromatic carbocycles. The molecule has 2 rings (SSSR count). The van der Waals surface area contributed by atoms with Crippen molar-refractivity contribution in [2.75, 3.05) is 25.5 Å². The minimum atomic E-state index is -3.95. The number of carbonyl (C=O) groups is 1. The average Bonchev–Trinajstić information content (AvgIpc) is 2.58. The largest absolute Gasteiger partial charge is 0.492 e. The summed E-state index contributed by atoms with van der Waals surface area (Å²) in [5, 5.41) is 2.92. The summed E-state index contributed by atoms with van der Waals surface area (Å²) in [6, 6.07) is 11.3. The van der Waals surface area contributed by atoms with E-state index in [0.717, 1.165) is 8.78 Å². The van der Waals surface area contributed by atoms with E-state index < -0.39 is 15.9 Å². The standard InChI is InChI=1S/C17H18BrClN2O4S/c1-3-25-15-9-6-13(19)10-16(15)26(23,24)21(2)11-17(22)20-14-7-4-12(18)5-8-14/h4-10H,3,11H2,1-2H3,(H,20,22). The summed E-state index contributed by atoms with van der Waals surface area (Å²) in [5.41, 5.74) is 0.571. The highest BCUT2D eigenvalue weighted by Gasteiger charge is 2.27. The Bertz CT molecular complexity index is 888. The zero-order valence-electron chi connectivity index (χ0n) is 14.2. The molecule has 0 atom stereocenters. The van der Waals surface area contributed by atoms with Crippen LogP contribution >= 0.6 is 27.5 Å². The molecule has 140 valence electrons. The van der Waals surface area contributed by atoms with Gasteiger partial charge >= 0.3 is 0 Å². The molecule has 1 amide bonds. The van der Waals surface area contributed by atoms with Crippen molar-refractivity contribution in [1.82, 2.24) is 4.31 Å². The predicted molar refractivity (Wildman–Crippen MR) is 105 cm³/mol. The third-order valence-electron chi connectivity index (χ3n) is 3.39. The van der Waals surface area contributed by atoms with Crippen LogP contribution in [-0.4, -0.2) is 38.8 Å². The van der Waals surface area contributed by atoms with E-state index in [0.29, 0.717) is 12.3 Å². The first-order chi connectivity index (χ1) is 12.2. The first-order valence-corrected chi connectivity index (χ1v) is 10.3. The van der Waals surface area contributed by atoms with Crippen molar-refractivity contribution in [3.8, 4) is 5.75 Å². The average molecular weight is 462 g/mol. The number of likely N-dealkylation sites (N-methyl/N-ethyl adjacent to an activating group) is 1. The molecule has 9 heteroatoms. The molecule has 0 aliphatic heterocycles. The van der Waals surface area contributed by atoms with E-state index in [9.17, 15) is 13.2 Å². The number of rotatable bonds is 7. The molecule has 0 fully saturated rings. The van der Waals surface area contributed by atoms with Crippen LogP contribution in [0.25, 0.3) is 0 Å². The van der Waals surface area contributed by atoms with Crippen LogP contribution in [0.3, 0.4) is 0 Å². The number of amides is 1. The normalized spacial score (nSPS) is 11.4. The molecule has 1 N–H and O–H groups in total. The number of ether oxygens (including phenoxy) is 1. The van der Waals surface area contributed by atoms with Crippen LogP contribution in [0.5, 0.6) is 5.75 Å². The van der Waals surface area contributed by atoms with Crippen molar-refractivity contribution >= 4 is 49.1 Å². The smallest absolute Gasteiger partial charge is 0.247 e. The number of benzene rings is 2. The Morgan fingerprint density at radius 3 is 2.50 bits per heavy atom. The second-order valence-electron chi connectivity index (χ2n) is 5.34. The van der Waals surface area contributed by atoms with Gasteiger partial charge in [0.05, 0.1) is 13.2 Å². The number of nitrogens with one attached hydrogen (secondary N) is 1. The molecule has 0 saturated carbocycles. The maximum atomic E-state index is 12.8. The summed E-state index contributed by atoms with van der Waals surface area (Å²) in [5.74, 6) is -0.268. The first-order valence-electron chi connectivity index (χ1n) is 7.68. The van der Waals surface area contributed by atoms with Gasteiger partial charge in [0.2, 0.25) is 15.9 Å². The molecule has 0 aliphatic rings. The lowest BCUT2D eigenvalue weighted by Gasteiger charge is -2.19. The molecule has 0 unspecified atom stereocenters. The summed E-state index contributed by atoms with van der Waals surface area (Å²) in [4.78, 5) is 12.1. The number of carbonyl (C=O) groups excluding carboxylic acids is 1. The number of sulfonamides is 1. The van der Waals surface area contributed by atoms with Crippen LogP contribution < -0.4 is 10.1 Å². The van der Waals surface area contributed by atoms with E-state index in [4.69, 9.17) is 16.3 Å². The molecule has 26 heavy (non-hydrogen) atoms. The van der Waals surface area contributed by atoms with Gasteiger partial charge in [0.1, 0.15) is 10.6 Å². The van der Waals surface area contributed by atoms with Crippen molar-refractivity contribution in [1.29, 1.82) is 0 Å². The van der Waals surface area contributed by atoms with Crippen LogP contribution in [0.1, 0.15) is 6.92 Å². The second-order valence-corrected chi connectivity index (χ2v) is 8.71. The fourth-order valence-corrected chi connectivity index (χ4v) is 3.93. The van der Waals surface area contributed by atoms with Crippen molar-refractivity contribution in [3.63, 3.8) is 0 Å². The minimum Gasteiger partial charge on any atom is -0.492 e. The molecule has 6 nitrogen and oxygen atoms in total. The Morgan fingerprint density at radius 2 is 1.88 bits per heavy atom. The van der Waals surface area contributed by atoms with E-state index >= 15 is 0 Å². The summed E-state index contributed by atoms with van der Waals surface area (Å²) in [6.45, 7) is 1.70. The summed E-state index contributed by atoms with van der Waals surface area (Å²) in [6.07, 6.45) is 0. The molecule has 2 aromatic rings. The summed E-state index contributed by atoms with van der Waals surface area (Å²) in [7, 11) is -2.63. The highest BCUT2D eigenvalue weighted by Crippen LogP contribution is 2.29. The highest BCUT2D eigenvalue weighted by atomic mass is 79.9. The molecule has 0 bridgehead atoms. The lowest BCUT2D eigenvalue weighted by atomic mass is 10.3. The number of anilines is 1. The van der Waals surface area contributed by atoms with Gasteiger partial charge in [0.15, 0.2) is 0 Å². The van der Waals surface area contributed by atoms with Crippen molar-refractivity contribution in [3.05, 3.63) is 52.0 Å². The molecule has 0 spiro atoms. The van der Waals surface area contributed by atoms with Crippen LogP contribution in [0.2, 0.25) is 5.02 Å². The third kappa shape index (κ3) is 5.20. The van der Waals surface area contributed by atoms with Crippen molar-refractivity contribution < 1.29 is 17.9 Å². The lowest BCUT2D eigenvalue weighted by molar-refractivity contribution is -0.116. The monoisotopic (exact) mass is 460 g/mol. The molecular weight excluding hydrogens is 444 g/mol. The topological polar surface area (TPSA) is 75.7 Å². The Kier molecular flexibility index (Phi) is 7.05. The summed E-state index contributed by atoms with van der Waals surface area (Å²) < 4.78 is 32.8. The van der Waals surface area contributed by atoms with Gasteiger partial charge in [0.25, 0.3) is 0 Å². The van der Waals surface area contributed by atoms with Gasteiger partial charge in [-0.15, -0.1) is 0 Å². The van der Waals surface area contributed by atoms with Gasteiger partial charge < -0.3 is 10.1 Å². The predicted octanol–water partition coefficient (Wildman–Crippen LogP) is 3.76. The van der Waals surface area contributed by atoms with Gasteiger partial charge in [-0.3, -0.25) is 4.79 Å². The van der Waals surface area contributed by atoms with Crippen LogP contribution in [-0.2, 0) is 14.8 Å². The fraction of sp³-hybridized carbons (Fsp3) is 0.235. The van der Waals surface area contributed by atoms with Gasteiger partial charge in [-0.2, -0.15) is 4.31 Å². The number of halogens is 2. The third-order valence-corrected chi connectivity index (χ3v) is 5.98. The molecule has 0 aliphatic carbocycles. The highest BCUT2D eigenvalue weighted by molar-refractivity contribution is 9.10.